The molecule has 0 aliphatic carbocycles. The number of aromatic nitrogens is 2. The van der Waals surface area contributed by atoms with Crippen molar-refractivity contribution in [3.05, 3.63) is 54.5 Å². The number of fused-ring (bicyclic) bond motifs is 1. The third-order valence-electron chi connectivity index (χ3n) is 3.35. The van der Waals surface area contributed by atoms with Crippen LogP contribution in [-0.2, 0) is 13.2 Å². The smallest absolute Gasteiger partial charge is 0.138 e. The molecule has 0 aliphatic heterocycles. The van der Waals surface area contributed by atoms with Gasteiger partial charge in [0.1, 0.15) is 12.4 Å². The molecule has 0 aliphatic rings. The fourth-order valence-corrected chi connectivity index (χ4v) is 2.43. The monoisotopic (exact) mass is 267 g/mol. The Morgan fingerprint density at radius 2 is 2.15 bits per heavy atom. The van der Waals surface area contributed by atoms with Crippen LogP contribution in [0.15, 0.2) is 48.8 Å². The number of ether oxygens (including phenoxy) is 1. The average molecular weight is 267 g/mol. The molecule has 0 spiro atoms. The molecular formula is C16H17N3O. The molecule has 0 atom stereocenters. The summed E-state index contributed by atoms with van der Waals surface area (Å²) in [6.07, 6.45) is 3.45. The Morgan fingerprint density at radius 1 is 1.25 bits per heavy atom. The first-order valence-electron chi connectivity index (χ1n) is 6.68. The minimum absolute atomic E-state index is 0.522. The summed E-state index contributed by atoms with van der Waals surface area (Å²) in [5.74, 6) is 0.778. The Bertz CT molecular complexity index is 719. The molecule has 0 bridgehead atoms. The minimum atomic E-state index is 0.522. The molecule has 0 fully saturated rings. The van der Waals surface area contributed by atoms with Crippen LogP contribution in [0.4, 0.5) is 5.69 Å². The maximum absolute atomic E-state index is 5.84. The molecule has 2 aromatic heterocycles. The lowest BCUT2D eigenvalue weighted by Gasteiger charge is -2.09. The second-order valence-electron chi connectivity index (χ2n) is 4.68. The van der Waals surface area contributed by atoms with Gasteiger partial charge in [0, 0.05) is 29.3 Å². The van der Waals surface area contributed by atoms with E-state index in [0.29, 0.717) is 6.61 Å². The molecule has 2 N–H and O–H groups in total. The predicted molar refractivity (Wildman–Crippen MR) is 80.6 cm³/mol. The average Bonchev–Trinajstić information content (AvgIpc) is 2.82. The number of nitrogens with zero attached hydrogens (tertiary/aromatic N) is 2. The molecule has 102 valence electrons. The van der Waals surface area contributed by atoms with Crippen molar-refractivity contribution in [3.8, 4) is 5.75 Å². The van der Waals surface area contributed by atoms with Gasteiger partial charge in [0.2, 0.25) is 0 Å². The van der Waals surface area contributed by atoms with E-state index in [1.165, 1.54) is 5.52 Å². The highest BCUT2D eigenvalue weighted by molar-refractivity contribution is 5.84. The Hall–Kier alpha value is -2.49. The van der Waals surface area contributed by atoms with Crippen molar-refractivity contribution < 1.29 is 4.74 Å². The second-order valence-corrected chi connectivity index (χ2v) is 4.68. The SMILES string of the molecule is CCn1c(COc2cccnc2)cc2cc(N)ccc21. The topological polar surface area (TPSA) is 53.1 Å². The number of hydrogen-bond acceptors (Lipinski definition) is 3. The van der Waals surface area contributed by atoms with Gasteiger partial charge >= 0.3 is 0 Å². The van der Waals surface area contributed by atoms with Crippen LogP contribution in [0.2, 0.25) is 0 Å². The molecule has 3 aromatic rings. The molecule has 0 amide bonds. The summed E-state index contributed by atoms with van der Waals surface area (Å²) in [4.78, 5) is 4.05. The van der Waals surface area contributed by atoms with Crippen molar-refractivity contribution in [2.45, 2.75) is 20.1 Å². The fourth-order valence-electron chi connectivity index (χ4n) is 2.43. The van der Waals surface area contributed by atoms with Gasteiger partial charge in [-0.05, 0) is 43.3 Å². The van der Waals surface area contributed by atoms with E-state index in [1.807, 2.05) is 24.3 Å². The van der Waals surface area contributed by atoms with Crippen molar-refractivity contribution >= 4 is 16.6 Å². The quantitative estimate of drug-likeness (QED) is 0.738. The lowest BCUT2D eigenvalue weighted by Crippen LogP contribution is -2.04. The Kier molecular flexibility index (Phi) is 3.29. The van der Waals surface area contributed by atoms with E-state index in [1.54, 1.807) is 12.4 Å². The summed E-state index contributed by atoms with van der Waals surface area (Å²) in [5.41, 5.74) is 8.95. The number of nitrogens with two attached hydrogens (primary N) is 1. The molecule has 4 heteroatoms. The number of rotatable bonds is 4. The highest BCUT2D eigenvalue weighted by atomic mass is 16.5. The molecule has 0 radical (unpaired) electrons. The molecule has 2 heterocycles. The highest BCUT2D eigenvalue weighted by Gasteiger charge is 2.08. The van der Waals surface area contributed by atoms with E-state index in [-0.39, 0.29) is 0 Å². The third-order valence-corrected chi connectivity index (χ3v) is 3.35. The van der Waals surface area contributed by atoms with Crippen LogP contribution in [-0.4, -0.2) is 9.55 Å². The lowest BCUT2D eigenvalue weighted by atomic mass is 10.2. The van der Waals surface area contributed by atoms with Crippen molar-refractivity contribution in [2.24, 2.45) is 0 Å². The van der Waals surface area contributed by atoms with Gasteiger partial charge in [-0.3, -0.25) is 4.98 Å². The number of hydrogen-bond donors (Lipinski definition) is 1. The summed E-state index contributed by atoms with van der Waals surface area (Å²) >= 11 is 0. The van der Waals surface area contributed by atoms with Gasteiger partial charge in [-0.25, -0.2) is 0 Å². The van der Waals surface area contributed by atoms with Crippen LogP contribution < -0.4 is 10.5 Å². The standard InChI is InChI=1S/C16H17N3O/c1-2-19-14(11-20-15-4-3-7-18-10-15)9-12-8-13(17)5-6-16(12)19/h3-10H,2,11,17H2,1H3. The Morgan fingerprint density at radius 3 is 2.90 bits per heavy atom. The van der Waals surface area contributed by atoms with E-state index in [4.69, 9.17) is 10.5 Å². The maximum Gasteiger partial charge on any atom is 0.138 e. The summed E-state index contributed by atoms with van der Waals surface area (Å²) < 4.78 is 8.02. The number of pyridine rings is 1. The lowest BCUT2D eigenvalue weighted by molar-refractivity contribution is 0.295. The highest BCUT2D eigenvalue weighted by Crippen LogP contribution is 2.23. The Balaban J connectivity index is 1.91. The van der Waals surface area contributed by atoms with E-state index in [9.17, 15) is 0 Å². The molecule has 0 saturated heterocycles. The fraction of sp³-hybridized carbons (Fsp3) is 0.188. The van der Waals surface area contributed by atoms with Gasteiger partial charge in [-0.1, -0.05) is 0 Å². The molecule has 4 nitrogen and oxygen atoms in total. The molecule has 1 aromatic carbocycles. The van der Waals surface area contributed by atoms with E-state index in [2.05, 4.69) is 28.6 Å². The largest absolute Gasteiger partial charge is 0.486 e. The number of aryl methyl sites for hydroxylation is 1. The van der Waals surface area contributed by atoms with Crippen LogP contribution in [0.5, 0.6) is 5.75 Å². The zero-order valence-electron chi connectivity index (χ0n) is 11.4. The predicted octanol–water partition coefficient (Wildman–Crippen LogP) is 3.22. The summed E-state index contributed by atoms with van der Waals surface area (Å²) in [5, 5.41) is 1.15. The van der Waals surface area contributed by atoms with E-state index in [0.717, 1.165) is 29.1 Å². The molecule has 20 heavy (non-hydrogen) atoms. The summed E-state index contributed by atoms with van der Waals surface area (Å²) in [6.45, 7) is 3.55. The van der Waals surface area contributed by atoms with Crippen LogP contribution in [0, 0.1) is 0 Å². The van der Waals surface area contributed by atoms with Crippen molar-refractivity contribution in [1.82, 2.24) is 9.55 Å². The number of anilines is 1. The maximum atomic E-state index is 5.84. The van der Waals surface area contributed by atoms with E-state index < -0.39 is 0 Å². The summed E-state index contributed by atoms with van der Waals surface area (Å²) in [6, 6.07) is 11.9. The first-order chi connectivity index (χ1) is 9.78. The Labute approximate surface area is 117 Å². The van der Waals surface area contributed by atoms with Gasteiger partial charge < -0.3 is 15.0 Å². The van der Waals surface area contributed by atoms with Crippen molar-refractivity contribution in [2.75, 3.05) is 5.73 Å². The number of benzene rings is 1. The molecule has 0 saturated carbocycles. The van der Waals surface area contributed by atoms with Gasteiger partial charge in [-0.15, -0.1) is 0 Å². The first kappa shape index (κ1) is 12.5. The van der Waals surface area contributed by atoms with Gasteiger partial charge in [-0.2, -0.15) is 0 Å². The second kappa shape index (κ2) is 5.25. The van der Waals surface area contributed by atoms with Gasteiger partial charge in [0.25, 0.3) is 0 Å². The van der Waals surface area contributed by atoms with Gasteiger partial charge in [0.05, 0.1) is 11.9 Å². The van der Waals surface area contributed by atoms with Crippen LogP contribution in [0.25, 0.3) is 10.9 Å². The van der Waals surface area contributed by atoms with Crippen molar-refractivity contribution in [1.29, 1.82) is 0 Å². The van der Waals surface area contributed by atoms with Crippen LogP contribution >= 0.6 is 0 Å². The normalized spacial score (nSPS) is 10.8. The van der Waals surface area contributed by atoms with Crippen LogP contribution in [0.3, 0.4) is 0 Å². The minimum Gasteiger partial charge on any atom is -0.486 e. The zero-order valence-corrected chi connectivity index (χ0v) is 11.4. The van der Waals surface area contributed by atoms with Crippen LogP contribution in [0.1, 0.15) is 12.6 Å². The van der Waals surface area contributed by atoms with Crippen molar-refractivity contribution in [3.63, 3.8) is 0 Å². The molecule has 3 rings (SSSR count). The molecular weight excluding hydrogens is 250 g/mol. The molecule has 0 unspecified atom stereocenters. The van der Waals surface area contributed by atoms with E-state index >= 15 is 0 Å². The number of nitrogen functional groups attached to an aromatic ring is 1. The zero-order chi connectivity index (χ0) is 13.9. The van der Waals surface area contributed by atoms with Gasteiger partial charge in [0.15, 0.2) is 0 Å². The first-order valence-corrected chi connectivity index (χ1v) is 6.68. The summed E-state index contributed by atoms with van der Waals surface area (Å²) in [7, 11) is 0. The third kappa shape index (κ3) is 2.32.